The van der Waals surface area contributed by atoms with Gasteiger partial charge in [0.25, 0.3) is 0 Å². The summed E-state index contributed by atoms with van der Waals surface area (Å²) in [6.45, 7) is 9.59. The van der Waals surface area contributed by atoms with Crippen LogP contribution in [0.2, 0.25) is 0 Å². The van der Waals surface area contributed by atoms with E-state index in [9.17, 15) is 0 Å². The molecule has 1 saturated heterocycles. The van der Waals surface area contributed by atoms with E-state index in [4.69, 9.17) is 5.73 Å². The van der Waals surface area contributed by atoms with Gasteiger partial charge < -0.3 is 5.73 Å². The van der Waals surface area contributed by atoms with Crippen molar-refractivity contribution in [3.63, 3.8) is 0 Å². The molecule has 17 heavy (non-hydrogen) atoms. The number of nitrogens with two attached hydrogens (primary N) is 1. The van der Waals surface area contributed by atoms with Gasteiger partial charge in [-0.3, -0.25) is 9.58 Å². The zero-order valence-electron chi connectivity index (χ0n) is 11.2. The Balaban J connectivity index is 2.02. The quantitative estimate of drug-likeness (QED) is 0.869. The van der Waals surface area contributed by atoms with E-state index in [1.165, 1.54) is 24.9 Å². The molecular weight excluding hydrogens is 212 g/mol. The van der Waals surface area contributed by atoms with Crippen LogP contribution in [0, 0.1) is 6.92 Å². The molecule has 2 N–H and O–H groups in total. The zero-order chi connectivity index (χ0) is 12.4. The molecule has 0 amide bonds. The molecule has 0 radical (unpaired) electrons. The zero-order valence-corrected chi connectivity index (χ0v) is 11.2. The van der Waals surface area contributed by atoms with Gasteiger partial charge in [0.1, 0.15) is 0 Å². The first-order chi connectivity index (χ1) is 8.06. The van der Waals surface area contributed by atoms with E-state index in [0.717, 1.165) is 18.8 Å². The molecule has 0 bridgehead atoms. The smallest absolute Gasteiger partial charge is 0.0638 e. The molecule has 4 nitrogen and oxygen atoms in total. The Hall–Kier alpha value is -0.870. The van der Waals surface area contributed by atoms with Gasteiger partial charge in [0, 0.05) is 36.9 Å². The van der Waals surface area contributed by atoms with Crippen LogP contribution < -0.4 is 5.73 Å². The molecule has 1 aromatic heterocycles. The molecule has 0 aliphatic carbocycles. The Kier molecular flexibility index (Phi) is 3.84. The highest BCUT2D eigenvalue weighted by molar-refractivity contribution is 5.15. The van der Waals surface area contributed by atoms with Crippen molar-refractivity contribution >= 4 is 0 Å². The maximum absolute atomic E-state index is 6.01. The first kappa shape index (κ1) is 12.6. The van der Waals surface area contributed by atoms with Crippen LogP contribution in [0.4, 0.5) is 0 Å². The summed E-state index contributed by atoms with van der Waals surface area (Å²) in [6, 6.07) is 0.787. The second-order valence-corrected chi connectivity index (χ2v) is 5.45. The molecule has 2 heterocycles. The lowest BCUT2D eigenvalue weighted by Crippen LogP contribution is -2.42. The number of likely N-dealkylation sites (tertiary alicyclic amines) is 1. The Labute approximate surface area is 104 Å². The average Bonchev–Trinajstić information content (AvgIpc) is 2.61. The van der Waals surface area contributed by atoms with Crippen LogP contribution in [0.5, 0.6) is 0 Å². The number of hydrogen-bond acceptors (Lipinski definition) is 3. The molecule has 0 saturated carbocycles. The van der Waals surface area contributed by atoms with Gasteiger partial charge in [-0.2, -0.15) is 5.10 Å². The summed E-state index contributed by atoms with van der Waals surface area (Å²) >= 11 is 0. The van der Waals surface area contributed by atoms with Crippen molar-refractivity contribution in [3.8, 4) is 0 Å². The van der Waals surface area contributed by atoms with Crippen LogP contribution in [-0.2, 0) is 6.54 Å². The van der Waals surface area contributed by atoms with Crippen molar-refractivity contribution in [2.24, 2.45) is 5.73 Å². The molecule has 1 atom stereocenters. The third-order valence-electron chi connectivity index (χ3n) is 3.48. The minimum atomic E-state index is 0.351. The number of rotatable bonds is 3. The molecule has 96 valence electrons. The third-order valence-corrected chi connectivity index (χ3v) is 3.48. The van der Waals surface area contributed by atoms with Crippen LogP contribution in [-0.4, -0.2) is 33.8 Å². The molecular formula is C13H24N4. The van der Waals surface area contributed by atoms with Gasteiger partial charge in [-0.15, -0.1) is 0 Å². The summed E-state index contributed by atoms with van der Waals surface area (Å²) in [5.41, 5.74) is 8.50. The fraction of sp³-hybridized carbons (Fsp3) is 0.769. The van der Waals surface area contributed by atoms with Crippen molar-refractivity contribution in [3.05, 3.63) is 17.5 Å². The Morgan fingerprint density at radius 1 is 1.53 bits per heavy atom. The van der Waals surface area contributed by atoms with E-state index in [2.05, 4.69) is 41.6 Å². The number of aromatic nitrogens is 2. The fourth-order valence-electron chi connectivity index (χ4n) is 2.41. The Bertz CT molecular complexity index is 369. The van der Waals surface area contributed by atoms with E-state index in [1.54, 1.807) is 0 Å². The minimum absolute atomic E-state index is 0.351. The van der Waals surface area contributed by atoms with Crippen molar-refractivity contribution < 1.29 is 0 Å². The lowest BCUT2D eigenvalue weighted by molar-refractivity contribution is 0.201. The summed E-state index contributed by atoms with van der Waals surface area (Å²) in [6.07, 6.45) is 4.57. The van der Waals surface area contributed by atoms with Crippen LogP contribution in [0.15, 0.2) is 6.20 Å². The highest BCUT2D eigenvalue weighted by Gasteiger charge is 2.18. The predicted octanol–water partition coefficient (Wildman–Crippen LogP) is 1.70. The molecule has 0 unspecified atom stereocenters. The summed E-state index contributed by atoms with van der Waals surface area (Å²) in [5, 5.41) is 4.55. The number of aryl methyl sites for hydroxylation is 1. The monoisotopic (exact) mass is 236 g/mol. The van der Waals surface area contributed by atoms with Gasteiger partial charge in [-0.05, 0) is 40.2 Å². The van der Waals surface area contributed by atoms with E-state index >= 15 is 0 Å². The van der Waals surface area contributed by atoms with E-state index in [-0.39, 0.29) is 0 Å². The highest BCUT2D eigenvalue weighted by atomic mass is 15.3. The van der Waals surface area contributed by atoms with Crippen LogP contribution in [0.3, 0.4) is 0 Å². The molecule has 1 fully saturated rings. The summed E-state index contributed by atoms with van der Waals surface area (Å²) < 4.78 is 2.05. The van der Waals surface area contributed by atoms with Crippen LogP contribution in [0.25, 0.3) is 0 Å². The van der Waals surface area contributed by atoms with Gasteiger partial charge in [0.05, 0.1) is 5.69 Å². The maximum atomic E-state index is 6.01. The Morgan fingerprint density at radius 2 is 2.29 bits per heavy atom. The van der Waals surface area contributed by atoms with E-state index in [0.29, 0.717) is 12.1 Å². The second kappa shape index (κ2) is 5.19. The molecule has 0 aromatic carbocycles. The maximum Gasteiger partial charge on any atom is 0.0638 e. The van der Waals surface area contributed by atoms with Gasteiger partial charge in [0.15, 0.2) is 0 Å². The molecule has 1 aliphatic heterocycles. The fourth-order valence-corrected chi connectivity index (χ4v) is 2.41. The summed E-state index contributed by atoms with van der Waals surface area (Å²) in [4.78, 5) is 2.45. The van der Waals surface area contributed by atoms with Crippen molar-refractivity contribution in [1.29, 1.82) is 0 Å². The number of hydrogen-bond donors (Lipinski definition) is 1. The molecule has 2 rings (SSSR count). The van der Waals surface area contributed by atoms with E-state index < -0.39 is 0 Å². The molecule has 1 aromatic rings. The van der Waals surface area contributed by atoms with Gasteiger partial charge in [-0.1, -0.05) is 0 Å². The topological polar surface area (TPSA) is 47.1 Å². The predicted molar refractivity (Wildman–Crippen MR) is 69.8 cm³/mol. The van der Waals surface area contributed by atoms with Crippen molar-refractivity contribution in [1.82, 2.24) is 14.7 Å². The van der Waals surface area contributed by atoms with Crippen molar-refractivity contribution in [2.75, 3.05) is 13.1 Å². The molecule has 1 aliphatic rings. The Morgan fingerprint density at radius 3 is 2.88 bits per heavy atom. The molecule has 4 heteroatoms. The van der Waals surface area contributed by atoms with Crippen molar-refractivity contribution in [2.45, 2.75) is 52.2 Å². The summed E-state index contributed by atoms with van der Waals surface area (Å²) in [7, 11) is 0. The first-order valence-electron chi connectivity index (χ1n) is 6.59. The standard InChI is InChI=1S/C13H24N4/c1-10(2)17-8-12(11(3)15-17)7-16-6-4-5-13(14)9-16/h8,10,13H,4-7,9,14H2,1-3H3/t13-/m1/s1. The van der Waals surface area contributed by atoms with Gasteiger partial charge in [0.2, 0.25) is 0 Å². The lowest BCUT2D eigenvalue weighted by atomic mass is 10.1. The van der Waals surface area contributed by atoms with Crippen LogP contribution in [0.1, 0.15) is 44.0 Å². The first-order valence-corrected chi connectivity index (χ1v) is 6.59. The number of piperidine rings is 1. The average molecular weight is 236 g/mol. The van der Waals surface area contributed by atoms with E-state index in [1.807, 2.05) is 0 Å². The summed E-state index contributed by atoms with van der Waals surface area (Å²) in [5.74, 6) is 0. The largest absolute Gasteiger partial charge is 0.327 e. The highest BCUT2D eigenvalue weighted by Crippen LogP contribution is 2.16. The second-order valence-electron chi connectivity index (χ2n) is 5.45. The third kappa shape index (κ3) is 3.07. The normalized spacial score (nSPS) is 22.3. The van der Waals surface area contributed by atoms with Crippen LogP contribution >= 0.6 is 0 Å². The minimum Gasteiger partial charge on any atom is -0.327 e. The van der Waals surface area contributed by atoms with Gasteiger partial charge >= 0.3 is 0 Å². The number of nitrogens with zero attached hydrogens (tertiary/aromatic N) is 3. The molecule has 0 spiro atoms. The lowest BCUT2D eigenvalue weighted by Gasteiger charge is -2.30. The van der Waals surface area contributed by atoms with Gasteiger partial charge in [-0.25, -0.2) is 0 Å². The SMILES string of the molecule is Cc1nn(C(C)C)cc1CN1CCC[C@@H](N)C1.